The minimum absolute atomic E-state index is 0.0284. The van der Waals surface area contributed by atoms with Crippen molar-refractivity contribution < 1.29 is 9.84 Å². The molecule has 1 saturated heterocycles. The van der Waals surface area contributed by atoms with Crippen molar-refractivity contribution in [2.24, 2.45) is 0 Å². The first-order chi connectivity index (χ1) is 11.3. The van der Waals surface area contributed by atoms with Gasteiger partial charge in [0.2, 0.25) is 0 Å². The number of hydrogen-bond acceptors (Lipinski definition) is 4. The molecule has 2 atom stereocenters. The van der Waals surface area contributed by atoms with Crippen LogP contribution in [0.3, 0.4) is 0 Å². The topological polar surface area (TPSA) is 53.5 Å². The Labute approximate surface area is 136 Å². The maximum absolute atomic E-state index is 9.90. The molecule has 3 N–H and O–H groups in total. The molecule has 1 aromatic carbocycles. The van der Waals surface area contributed by atoms with E-state index in [2.05, 4.69) is 28.9 Å². The molecule has 2 unspecified atom stereocenters. The van der Waals surface area contributed by atoms with Crippen LogP contribution in [-0.2, 0) is 0 Å². The van der Waals surface area contributed by atoms with Crippen molar-refractivity contribution in [3.8, 4) is 11.5 Å². The van der Waals surface area contributed by atoms with E-state index in [0.717, 1.165) is 24.8 Å². The summed E-state index contributed by atoms with van der Waals surface area (Å²) in [6.07, 6.45) is 10.1. The second kappa shape index (κ2) is 5.78. The number of aromatic hydroxyl groups is 1. The zero-order valence-corrected chi connectivity index (χ0v) is 13.3. The first kappa shape index (κ1) is 14.4. The van der Waals surface area contributed by atoms with Crippen molar-refractivity contribution in [3.05, 3.63) is 58.8 Å². The van der Waals surface area contributed by atoms with Crippen LogP contribution in [0.1, 0.15) is 37.9 Å². The number of rotatable bonds is 3. The minimum atomic E-state index is 0.0284. The molecule has 3 aliphatic rings. The number of phenolic OH excluding ortho intramolecular Hbond substituents is 1. The summed E-state index contributed by atoms with van der Waals surface area (Å²) in [5, 5.41) is 17.2. The normalized spacial score (nSPS) is 25.5. The molecule has 1 aliphatic heterocycles. The maximum atomic E-state index is 9.90. The molecule has 4 heteroatoms. The highest BCUT2D eigenvalue weighted by molar-refractivity contribution is 5.51. The average Bonchev–Trinajstić information content (AvgIpc) is 2.57. The Morgan fingerprint density at radius 1 is 1.35 bits per heavy atom. The second-order valence-electron chi connectivity index (χ2n) is 6.19. The lowest BCUT2D eigenvalue weighted by Gasteiger charge is -2.40. The van der Waals surface area contributed by atoms with Crippen molar-refractivity contribution >= 4 is 0 Å². The molecule has 2 aliphatic carbocycles. The number of benzene rings is 1. The predicted octanol–water partition coefficient (Wildman–Crippen LogP) is 3.29. The summed E-state index contributed by atoms with van der Waals surface area (Å²) in [4.78, 5) is 0. The molecule has 0 bridgehead atoms. The SMILES string of the molecule is CCOc1cc(C2NC3=CCCC4=C3C(CC=C4)N2)ccc1O. The number of allylic oxidation sites excluding steroid dienone is 3. The van der Waals surface area contributed by atoms with Gasteiger partial charge in [-0.05, 0) is 55.0 Å². The molecule has 4 rings (SSSR count). The first-order valence-corrected chi connectivity index (χ1v) is 8.34. The Bertz CT molecular complexity index is 718. The number of nitrogens with one attached hydrogen (secondary N) is 2. The van der Waals surface area contributed by atoms with Crippen molar-refractivity contribution in [3.63, 3.8) is 0 Å². The summed E-state index contributed by atoms with van der Waals surface area (Å²) in [5.41, 5.74) is 5.22. The van der Waals surface area contributed by atoms with E-state index in [4.69, 9.17) is 4.74 Å². The van der Waals surface area contributed by atoms with Crippen molar-refractivity contribution in [1.82, 2.24) is 10.6 Å². The molecule has 0 spiro atoms. The lowest BCUT2D eigenvalue weighted by atomic mass is 9.82. The zero-order chi connectivity index (χ0) is 15.8. The fourth-order valence-corrected chi connectivity index (χ4v) is 3.69. The monoisotopic (exact) mass is 310 g/mol. The van der Waals surface area contributed by atoms with Gasteiger partial charge in [0, 0.05) is 11.7 Å². The summed E-state index contributed by atoms with van der Waals surface area (Å²) in [6, 6.07) is 5.93. The molecule has 0 radical (unpaired) electrons. The first-order valence-electron chi connectivity index (χ1n) is 8.34. The summed E-state index contributed by atoms with van der Waals surface area (Å²) >= 11 is 0. The van der Waals surface area contributed by atoms with Gasteiger partial charge in [-0.25, -0.2) is 0 Å². The zero-order valence-electron chi connectivity index (χ0n) is 13.3. The fraction of sp³-hybridized carbons (Fsp3) is 0.368. The minimum Gasteiger partial charge on any atom is -0.504 e. The van der Waals surface area contributed by atoms with Gasteiger partial charge in [-0.3, -0.25) is 5.32 Å². The highest BCUT2D eigenvalue weighted by Gasteiger charge is 2.32. The van der Waals surface area contributed by atoms with Crippen molar-refractivity contribution in [1.29, 1.82) is 0 Å². The molecule has 0 saturated carbocycles. The van der Waals surface area contributed by atoms with Crippen LogP contribution in [0.2, 0.25) is 0 Å². The van der Waals surface area contributed by atoms with Crippen LogP contribution < -0.4 is 15.4 Å². The standard InChI is InChI=1S/C19H22N2O2/c1-2-23-17-11-13(9-10-16(17)22)19-20-14-7-3-5-12-6-4-8-15(21-19)18(12)14/h3,5,8-11,14,19-22H,2,4,6-7H2,1H3. The summed E-state index contributed by atoms with van der Waals surface area (Å²) in [7, 11) is 0. The third-order valence-corrected chi connectivity index (χ3v) is 4.72. The number of ether oxygens (including phenoxy) is 1. The van der Waals surface area contributed by atoms with Crippen LogP contribution in [0.5, 0.6) is 11.5 Å². The van der Waals surface area contributed by atoms with E-state index in [0.29, 0.717) is 18.4 Å². The summed E-state index contributed by atoms with van der Waals surface area (Å²) < 4.78 is 5.52. The number of phenols is 1. The van der Waals surface area contributed by atoms with Gasteiger partial charge >= 0.3 is 0 Å². The Morgan fingerprint density at radius 3 is 3.13 bits per heavy atom. The van der Waals surface area contributed by atoms with E-state index in [9.17, 15) is 5.11 Å². The van der Waals surface area contributed by atoms with Gasteiger partial charge in [0.1, 0.15) is 6.17 Å². The molecule has 120 valence electrons. The van der Waals surface area contributed by atoms with Crippen LogP contribution >= 0.6 is 0 Å². The van der Waals surface area contributed by atoms with E-state index in [1.165, 1.54) is 16.8 Å². The van der Waals surface area contributed by atoms with E-state index >= 15 is 0 Å². The third kappa shape index (κ3) is 2.53. The molecule has 1 aromatic rings. The lowest BCUT2D eigenvalue weighted by molar-refractivity contribution is 0.316. The van der Waals surface area contributed by atoms with Gasteiger partial charge in [-0.1, -0.05) is 24.3 Å². The highest BCUT2D eigenvalue weighted by atomic mass is 16.5. The van der Waals surface area contributed by atoms with Gasteiger partial charge in [-0.2, -0.15) is 0 Å². The largest absolute Gasteiger partial charge is 0.504 e. The van der Waals surface area contributed by atoms with Gasteiger partial charge in [-0.15, -0.1) is 0 Å². The summed E-state index contributed by atoms with van der Waals surface area (Å²) in [6.45, 7) is 2.46. The van der Waals surface area contributed by atoms with Gasteiger partial charge in [0.05, 0.1) is 6.61 Å². The Balaban J connectivity index is 1.65. The third-order valence-electron chi connectivity index (χ3n) is 4.72. The fourth-order valence-electron chi connectivity index (χ4n) is 3.69. The molecule has 0 aromatic heterocycles. The second-order valence-corrected chi connectivity index (χ2v) is 6.19. The van der Waals surface area contributed by atoms with Crippen LogP contribution in [0.4, 0.5) is 0 Å². The smallest absolute Gasteiger partial charge is 0.161 e. The molecular weight excluding hydrogens is 288 g/mol. The van der Waals surface area contributed by atoms with Crippen LogP contribution in [0.15, 0.2) is 53.3 Å². The predicted molar refractivity (Wildman–Crippen MR) is 90.2 cm³/mol. The van der Waals surface area contributed by atoms with Gasteiger partial charge in [0.15, 0.2) is 11.5 Å². The molecular formula is C19H22N2O2. The van der Waals surface area contributed by atoms with Crippen molar-refractivity contribution in [2.45, 2.75) is 38.4 Å². The molecule has 23 heavy (non-hydrogen) atoms. The molecule has 1 fully saturated rings. The van der Waals surface area contributed by atoms with E-state index in [1.807, 2.05) is 19.1 Å². The van der Waals surface area contributed by atoms with Crippen molar-refractivity contribution in [2.75, 3.05) is 6.61 Å². The summed E-state index contributed by atoms with van der Waals surface area (Å²) in [5.74, 6) is 0.726. The van der Waals surface area contributed by atoms with E-state index in [-0.39, 0.29) is 11.9 Å². The van der Waals surface area contributed by atoms with Crippen LogP contribution in [0, 0.1) is 0 Å². The average molecular weight is 310 g/mol. The maximum Gasteiger partial charge on any atom is 0.161 e. The molecule has 1 heterocycles. The van der Waals surface area contributed by atoms with Crippen LogP contribution in [-0.4, -0.2) is 17.8 Å². The quantitative estimate of drug-likeness (QED) is 0.802. The van der Waals surface area contributed by atoms with Gasteiger partial charge in [0.25, 0.3) is 0 Å². The van der Waals surface area contributed by atoms with Crippen LogP contribution in [0.25, 0.3) is 0 Å². The Hall–Kier alpha value is -2.20. The van der Waals surface area contributed by atoms with E-state index in [1.54, 1.807) is 6.07 Å². The highest BCUT2D eigenvalue weighted by Crippen LogP contribution is 2.37. The Kier molecular flexibility index (Phi) is 3.62. The molecule has 4 nitrogen and oxygen atoms in total. The van der Waals surface area contributed by atoms with Gasteiger partial charge < -0.3 is 15.2 Å². The van der Waals surface area contributed by atoms with E-state index < -0.39 is 0 Å². The molecule has 0 amide bonds. The Morgan fingerprint density at radius 2 is 2.26 bits per heavy atom. The lowest BCUT2D eigenvalue weighted by Crippen LogP contribution is -2.49. The number of hydrogen-bond donors (Lipinski definition) is 3.